The molecule has 1 saturated heterocycles. The number of likely N-dealkylation sites (tertiary alicyclic amines) is 1. The lowest BCUT2D eigenvalue weighted by Crippen LogP contribution is -2.33. The van der Waals surface area contributed by atoms with Crippen LogP contribution in [0, 0.1) is 5.92 Å². The van der Waals surface area contributed by atoms with Gasteiger partial charge in [0.05, 0.1) is 0 Å². The van der Waals surface area contributed by atoms with Gasteiger partial charge in [0.15, 0.2) is 6.61 Å². The van der Waals surface area contributed by atoms with Gasteiger partial charge in [0.1, 0.15) is 5.75 Å². The van der Waals surface area contributed by atoms with Crippen LogP contribution < -0.4 is 15.4 Å². The molecular formula is C19H27N3O3. The third-order valence-electron chi connectivity index (χ3n) is 4.65. The maximum atomic E-state index is 12.1. The Morgan fingerprint density at radius 1 is 1.12 bits per heavy atom. The summed E-state index contributed by atoms with van der Waals surface area (Å²) in [5, 5.41) is 6.24. The van der Waals surface area contributed by atoms with E-state index in [-0.39, 0.29) is 24.3 Å². The van der Waals surface area contributed by atoms with Crippen LogP contribution in [0.4, 0.5) is 0 Å². The van der Waals surface area contributed by atoms with Crippen molar-refractivity contribution in [2.75, 3.05) is 32.8 Å². The van der Waals surface area contributed by atoms with Crippen LogP contribution in [-0.4, -0.2) is 49.5 Å². The molecule has 2 amide bonds. The number of benzene rings is 1. The van der Waals surface area contributed by atoms with Crippen molar-refractivity contribution in [2.45, 2.75) is 32.2 Å². The van der Waals surface area contributed by atoms with Gasteiger partial charge in [-0.05, 0) is 31.7 Å². The monoisotopic (exact) mass is 345 g/mol. The quantitative estimate of drug-likeness (QED) is 0.662. The van der Waals surface area contributed by atoms with Crippen LogP contribution in [0.1, 0.15) is 31.2 Å². The van der Waals surface area contributed by atoms with E-state index in [4.69, 9.17) is 4.74 Å². The molecule has 6 heteroatoms. The van der Waals surface area contributed by atoms with E-state index in [1.54, 1.807) is 0 Å². The van der Waals surface area contributed by atoms with Crippen LogP contribution in [0.3, 0.4) is 0 Å². The molecule has 1 aliphatic heterocycles. The summed E-state index contributed by atoms with van der Waals surface area (Å²) < 4.78 is 5.75. The van der Waals surface area contributed by atoms with Gasteiger partial charge < -0.3 is 20.3 Å². The van der Waals surface area contributed by atoms with Gasteiger partial charge in [-0.1, -0.05) is 18.2 Å². The molecule has 25 heavy (non-hydrogen) atoms. The highest BCUT2D eigenvalue weighted by Crippen LogP contribution is 2.28. The Labute approximate surface area is 148 Å². The van der Waals surface area contributed by atoms with Gasteiger partial charge in [-0.2, -0.15) is 0 Å². The zero-order chi connectivity index (χ0) is 17.5. The molecule has 0 aromatic heterocycles. The Bertz CT molecular complexity index is 595. The smallest absolute Gasteiger partial charge is 0.260 e. The lowest BCUT2D eigenvalue weighted by molar-refractivity contribution is -0.132. The van der Waals surface area contributed by atoms with Crippen molar-refractivity contribution < 1.29 is 14.3 Å². The molecule has 1 saturated carbocycles. The third-order valence-corrected chi connectivity index (χ3v) is 4.65. The first-order valence-electron chi connectivity index (χ1n) is 9.21. The number of carbonyl (C=O) groups excluding carboxylic acids is 2. The Morgan fingerprint density at radius 2 is 1.88 bits per heavy atom. The summed E-state index contributed by atoms with van der Waals surface area (Å²) in [7, 11) is 0. The summed E-state index contributed by atoms with van der Waals surface area (Å²) in [4.78, 5) is 25.5. The van der Waals surface area contributed by atoms with Crippen LogP contribution in [0.5, 0.6) is 5.75 Å². The van der Waals surface area contributed by atoms with E-state index < -0.39 is 0 Å². The normalized spacial score (nSPS) is 16.7. The second kappa shape index (κ2) is 8.85. The van der Waals surface area contributed by atoms with Gasteiger partial charge in [0.2, 0.25) is 5.91 Å². The van der Waals surface area contributed by atoms with Crippen molar-refractivity contribution in [3.05, 3.63) is 29.8 Å². The van der Waals surface area contributed by atoms with Gasteiger partial charge in [0.25, 0.3) is 5.91 Å². The highest BCUT2D eigenvalue weighted by atomic mass is 16.5. The fourth-order valence-corrected chi connectivity index (χ4v) is 2.97. The second-order valence-electron chi connectivity index (χ2n) is 6.73. The van der Waals surface area contributed by atoms with Crippen LogP contribution in [0.15, 0.2) is 24.3 Å². The minimum atomic E-state index is 0.0584. The number of nitrogens with one attached hydrogen (secondary N) is 2. The first kappa shape index (κ1) is 17.7. The predicted octanol–water partition coefficient (Wildman–Crippen LogP) is 1.30. The van der Waals surface area contributed by atoms with Crippen LogP contribution in [-0.2, 0) is 16.1 Å². The number of ether oxygens (including phenoxy) is 1. The van der Waals surface area contributed by atoms with Gasteiger partial charge in [0, 0.05) is 44.2 Å². The molecule has 6 nitrogen and oxygen atoms in total. The van der Waals surface area contributed by atoms with Crippen molar-refractivity contribution in [3.8, 4) is 5.75 Å². The van der Waals surface area contributed by atoms with E-state index in [0.717, 1.165) is 50.1 Å². The van der Waals surface area contributed by atoms with Crippen molar-refractivity contribution in [1.29, 1.82) is 0 Å². The van der Waals surface area contributed by atoms with E-state index in [2.05, 4.69) is 10.6 Å². The Morgan fingerprint density at radius 3 is 2.64 bits per heavy atom. The van der Waals surface area contributed by atoms with E-state index in [1.165, 1.54) is 0 Å². The minimum Gasteiger partial charge on any atom is -0.483 e. The standard InChI is InChI=1S/C19H27N3O3/c23-18(22-11-3-4-12-22)14-25-17-6-2-1-5-16(17)13-20-9-10-21-19(24)15-7-8-15/h1-2,5-6,15,20H,3-4,7-14H2,(H,21,24). The lowest BCUT2D eigenvalue weighted by Gasteiger charge is -2.17. The van der Waals surface area contributed by atoms with Crippen LogP contribution in [0.2, 0.25) is 0 Å². The second-order valence-corrected chi connectivity index (χ2v) is 6.73. The highest BCUT2D eigenvalue weighted by Gasteiger charge is 2.28. The summed E-state index contributed by atoms with van der Waals surface area (Å²) in [6, 6.07) is 7.75. The van der Waals surface area contributed by atoms with E-state index in [1.807, 2.05) is 29.2 Å². The first-order chi connectivity index (χ1) is 12.2. The lowest BCUT2D eigenvalue weighted by atomic mass is 10.2. The van der Waals surface area contributed by atoms with E-state index in [0.29, 0.717) is 19.6 Å². The van der Waals surface area contributed by atoms with Gasteiger partial charge in [-0.25, -0.2) is 0 Å². The number of carbonyl (C=O) groups is 2. The van der Waals surface area contributed by atoms with Crippen molar-refractivity contribution in [1.82, 2.24) is 15.5 Å². The Kier molecular flexibility index (Phi) is 6.28. The highest BCUT2D eigenvalue weighted by molar-refractivity contribution is 5.80. The Balaban J connectivity index is 1.39. The molecule has 0 bridgehead atoms. The summed E-state index contributed by atoms with van der Waals surface area (Å²) >= 11 is 0. The summed E-state index contributed by atoms with van der Waals surface area (Å²) in [6.07, 6.45) is 4.23. The van der Waals surface area contributed by atoms with Gasteiger partial charge >= 0.3 is 0 Å². The zero-order valence-electron chi connectivity index (χ0n) is 14.6. The molecule has 1 aromatic rings. The molecule has 2 aliphatic rings. The average Bonchev–Trinajstić information content (AvgIpc) is 3.34. The van der Waals surface area contributed by atoms with Gasteiger partial charge in [-0.3, -0.25) is 9.59 Å². The van der Waals surface area contributed by atoms with Crippen molar-refractivity contribution >= 4 is 11.8 Å². The molecule has 136 valence electrons. The topological polar surface area (TPSA) is 70.7 Å². The molecule has 2 fully saturated rings. The summed E-state index contributed by atoms with van der Waals surface area (Å²) in [5.41, 5.74) is 1.02. The molecule has 0 atom stereocenters. The largest absolute Gasteiger partial charge is 0.483 e. The fraction of sp³-hybridized carbons (Fsp3) is 0.579. The molecule has 1 heterocycles. The molecule has 2 N–H and O–H groups in total. The molecule has 1 aromatic carbocycles. The van der Waals surface area contributed by atoms with E-state index >= 15 is 0 Å². The van der Waals surface area contributed by atoms with Gasteiger partial charge in [-0.15, -0.1) is 0 Å². The number of para-hydroxylation sites is 1. The number of amides is 2. The molecular weight excluding hydrogens is 318 g/mol. The molecule has 0 spiro atoms. The molecule has 1 aliphatic carbocycles. The third kappa shape index (κ3) is 5.46. The van der Waals surface area contributed by atoms with Crippen molar-refractivity contribution in [2.24, 2.45) is 5.92 Å². The first-order valence-corrected chi connectivity index (χ1v) is 9.21. The maximum absolute atomic E-state index is 12.1. The van der Waals surface area contributed by atoms with E-state index in [9.17, 15) is 9.59 Å². The number of hydrogen-bond donors (Lipinski definition) is 2. The average molecular weight is 345 g/mol. The van der Waals surface area contributed by atoms with Crippen LogP contribution >= 0.6 is 0 Å². The minimum absolute atomic E-state index is 0.0584. The van der Waals surface area contributed by atoms with Crippen molar-refractivity contribution in [3.63, 3.8) is 0 Å². The number of rotatable bonds is 9. The molecule has 3 rings (SSSR count). The fourth-order valence-electron chi connectivity index (χ4n) is 2.97. The maximum Gasteiger partial charge on any atom is 0.260 e. The predicted molar refractivity (Wildman–Crippen MR) is 95.2 cm³/mol. The molecule has 0 radical (unpaired) electrons. The number of hydrogen-bond acceptors (Lipinski definition) is 4. The summed E-state index contributed by atoms with van der Waals surface area (Å²) in [6.45, 7) is 3.77. The summed E-state index contributed by atoms with van der Waals surface area (Å²) in [5.74, 6) is 1.22. The number of nitrogens with zero attached hydrogens (tertiary/aromatic N) is 1. The zero-order valence-corrected chi connectivity index (χ0v) is 14.6. The Hall–Kier alpha value is -2.08. The molecule has 0 unspecified atom stereocenters. The van der Waals surface area contributed by atoms with Crippen LogP contribution in [0.25, 0.3) is 0 Å². The SMILES string of the molecule is O=C(NCCNCc1ccccc1OCC(=O)N1CCCC1)C1CC1.